The first-order chi connectivity index (χ1) is 9.63. The number of oxazole rings is 1. The zero-order chi connectivity index (χ0) is 14.5. The van der Waals surface area contributed by atoms with Crippen LogP contribution in [0.1, 0.15) is 11.5 Å². The minimum Gasteiger partial charge on any atom is -0.497 e. The van der Waals surface area contributed by atoms with E-state index >= 15 is 0 Å². The lowest BCUT2D eigenvalue weighted by atomic mass is 10.2. The number of aromatic nitrogens is 1. The Bertz CT molecular complexity index is 590. The molecule has 1 amide bonds. The minimum absolute atomic E-state index is 0.110. The summed E-state index contributed by atoms with van der Waals surface area (Å²) in [6, 6.07) is 7.35. The quantitative estimate of drug-likeness (QED) is 0.844. The molecule has 0 atom stereocenters. The molecule has 6 nitrogen and oxygen atoms in total. The third-order valence-corrected chi connectivity index (χ3v) is 2.77. The topological polar surface area (TPSA) is 73.6 Å². The normalized spacial score (nSPS) is 10.3. The molecule has 1 heterocycles. The molecule has 0 bridgehead atoms. The summed E-state index contributed by atoms with van der Waals surface area (Å²) < 4.78 is 10.7. The summed E-state index contributed by atoms with van der Waals surface area (Å²) in [7, 11) is 2.99. The highest BCUT2D eigenvalue weighted by Gasteiger charge is 2.14. The monoisotopic (exact) mass is 276 g/mol. The first-order valence-corrected chi connectivity index (χ1v) is 6.06. The van der Waals surface area contributed by atoms with Crippen LogP contribution in [0.15, 0.2) is 28.7 Å². The van der Waals surface area contributed by atoms with E-state index in [1.54, 1.807) is 14.0 Å². The maximum Gasteiger partial charge on any atom is 0.249 e. The van der Waals surface area contributed by atoms with E-state index in [1.165, 1.54) is 7.11 Å². The Hall–Kier alpha value is -2.34. The Balaban J connectivity index is 2.19. The number of hydroxylamine groups is 1. The fourth-order valence-electron chi connectivity index (χ4n) is 1.75. The largest absolute Gasteiger partial charge is 0.497 e. The molecule has 0 unspecified atom stereocenters. The predicted octanol–water partition coefficient (Wildman–Crippen LogP) is 1.88. The number of rotatable bonds is 5. The molecule has 106 valence electrons. The van der Waals surface area contributed by atoms with E-state index in [1.807, 2.05) is 24.3 Å². The summed E-state index contributed by atoms with van der Waals surface area (Å²) in [5, 5.41) is 0. The van der Waals surface area contributed by atoms with Gasteiger partial charge in [-0.25, -0.2) is 10.5 Å². The number of benzene rings is 1. The van der Waals surface area contributed by atoms with Gasteiger partial charge >= 0.3 is 0 Å². The Morgan fingerprint density at radius 3 is 2.60 bits per heavy atom. The fourth-order valence-corrected chi connectivity index (χ4v) is 1.75. The summed E-state index contributed by atoms with van der Waals surface area (Å²) in [6.07, 6.45) is 0.110. The predicted molar refractivity (Wildman–Crippen MR) is 72.1 cm³/mol. The number of amides is 1. The fraction of sp³-hybridized carbons (Fsp3) is 0.286. The van der Waals surface area contributed by atoms with Crippen molar-refractivity contribution < 1.29 is 18.8 Å². The van der Waals surface area contributed by atoms with Gasteiger partial charge in [-0.1, -0.05) is 0 Å². The molecule has 0 fully saturated rings. The van der Waals surface area contributed by atoms with Crippen LogP contribution in [0.4, 0.5) is 0 Å². The van der Waals surface area contributed by atoms with E-state index in [0.29, 0.717) is 17.3 Å². The minimum atomic E-state index is -0.273. The number of hydrogen-bond donors (Lipinski definition) is 1. The van der Waals surface area contributed by atoms with Crippen molar-refractivity contribution in [3.63, 3.8) is 0 Å². The molecule has 0 saturated heterocycles. The Morgan fingerprint density at radius 1 is 1.30 bits per heavy atom. The average molecular weight is 276 g/mol. The summed E-state index contributed by atoms with van der Waals surface area (Å²) in [5.74, 6) is 1.58. The number of carbonyl (C=O) groups excluding carboxylic acids is 1. The van der Waals surface area contributed by atoms with Crippen molar-refractivity contribution in [3.8, 4) is 17.2 Å². The van der Waals surface area contributed by atoms with Gasteiger partial charge < -0.3 is 9.15 Å². The Morgan fingerprint density at radius 2 is 2.00 bits per heavy atom. The van der Waals surface area contributed by atoms with Crippen LogP contribution in [0.3, 0.4) is 0 Å². The summed E-state index contributed by atoms with van der Waals surface area (Å²) >= 11 is 0. The van der Waals surface area contributed by atoms with Crippen LogP contribution in [-0.4, -0.2) is 25.1 Å². The number of carbonyl (C=O) groups is 1. The molecule has 0 spiro atoms. The number of methoxy groups -OCH3 is 1. The van der Waals surface area contributed by atoms with Crippen molar-refractivity contribution in [3.05, 3.63) is 35.7 Å². The molecular weight excluding hydrogens is 260 g/mol. The van der Waals surface area contributed by atoms with Crippen molar-refractivity contribution in [1.82, 2.24) is 10.5 Å². The number of aryl methyl sites for hydroxylation is 1. The molecule has 0 radical (unpaired) electrons. The zero-order valence-electron chi connectivity index (χ0n) is 11.6. The van der Waals surface area contributed by atoms with Gasteiger partial charge in [0.15, 0.2) is 0 Å². The van der Waals surface area contributed by atoms with Gasteiger partial charge in [-0.3, -0.25) is 9.63 Å². The molecule has 1 N–H and O–H groups in total. The standard InChI is InChI=1S/C14H16N2O4/c1-9-12(8-13(17)16-19-3)15-14(20-9)10-4-6-11(18-2)7-5-10/h4-7H,8H2,1-3H3,(H,16,17). The van der Waals surface area contributed by atoms with Crippen LogP contribution in [-0.2, 0) is 16.1 Å². The van der Waals surface area contributed by atoms with Crippen LogP contribution in [0.5, 0.6) is 5.75 Å². The summed E-state index contributed by atoms with van der Waals surface area (Å²) in [6.45, 7) is 1.77. The Kier molecular flexibility index (Phi) is 4.37. The molecule has 6 heteroatoms. The van der Waals surface area contributed by atoms with Crippen molar-refractivity contribution in [2.75, 3.05) is 14.2 Å². The number of ether oxygens (including phenoxy) is 1. The van der Waals surface area contributed by atoms with Gasteiger partial charge in [0.05, 0.1) is 26.3 Å². The molecule has 2 aromatic rings. The van der Waals surface area contributed by atoms with Gasteiger partial charge in [0.2, 0.25) is 11.8 Å². The van der Waals surface area contributed by atoms with Gasteiger partial charge in [0.25, 0.3) is 0 Å². The van der Waals surface area contributed by atoms with Gasteiger partial charge in [0.1, 0.15) is 11.5 Å². The van der Waals surface area contributed by atoms with Crippen LogP contribution >= 0.6 is 0 Å². The lowest BCUT2D eigenvalue weighted by Gasteiger charge is -1.99. The van der Waals surface area contributed by atoms with E-state index in [2.05, 4.69) is 15.3 Å². The molecule has 1 aromatic heterocycles. The first-order valence-electron chi connectivity index (χ1n) is 6.06. The van der Waals surface area contributed by atoms with Gasteiger partial charge in [-0.2, -0.15) is 0 Å². The maximum absolute atomic E-state index is 11.5. The lowest BCUT2D eigenvalue weighted by Crippen LogP contribution is -2.24. The number of nitrogens with zero attached hydrogens (tertiary/aromatic N) is 1. The van der Waals surface area contributed by atoms with E-state index in [9.17, 15) is 4.79 Å². The van der Waals surface area contributed by atoms with Crippen molar-refractivity contribution in [2.24, 2.45) is 0 Å². The maximum atomic E-state index is 11.5. The molecule has 0 aliphatic rings. The average Bonchev–Trinajstić information content (AvgIpc) is 2.80. The third kappa shape index (κ3) is 3.16. The van der Waals surface area contributed by atoms with E-state index in [-0.39, 0.29) is 12.3 Å². The number of hydrogen-bond acceptors (Lipinski definition) is 5. The zero-order valence-corrected chi connectivity index (χ0v) is 11.6. The van der Waals surface area contributed by atoms with E-state index in [4.69, 9.17) is 9.15 Å². The highest BCUT2D eigenvalue weighted by molar-refractivity contribution is 5.77. The highest BCUT2D eigenvalue weighted by Crippen LogP contribution is 2.24. The second-order valence-corrected chi connectivity index (χ2v) is 4.16. The Labute approximate surface area is 116 Å². The van der Waals surface area contributed by atoms with Crippen LogP contribution in [0, 0.1) is 6.92 Å². The molecule has 2 rings (SSSR count). The van der Waals surface area contributed by atoms with E-state index < -0.39 is 0 Å². The molecule has 0 saturated carbocycles. The van der Waals surface area contributed by atoms with Crippen LogP contribution < -0.4 is 10.2 Å². The molecule has 0 aliphatic carbocycles. The van der Waals surface area contributed by atoms with E-state index in [0.717, 1.165) is 11.3 Å². The lowest BCUT2D eigenvalue weighted by molar-refractivity contribution is -0.130. The summed E-state index contributed by atoms with van der Waals surface area (Å²) in [4.78, 5) is 20.4. The van der Waals surface area contributed by atoms with Gasteiger partial charge in [-0.05, 0) is 31.2 Å². The van der Waals surface area contributed by atoms with Crippen LogP contribution in [0.25, 0.3) is 11.5 Å². The van der Waals surface area contributed by atoms with Crippen molar-refractivity contribution in [1.29, 1.82) is 0 Å². The van der Waals surface area contributed by atoms with Crippen LogP contribution in [0.2, 0.25) is 0 Å². The highest BCUT2D eigenvalue weighted by atomic mass is 16.6. The van der Waals surface area contributed by atoms with Crippen molar-refractivity contribution in [2.45, 2.75) is 13.3 Å². The molecule has 0 aliphatic heterocycles. The first kappa shape index (κ1) is 14.1. The van der Waals surface area contributed by atoms with Gasteiger partial charge in [-0.15, -0.1) is 0 Å². The smallest absolute Gasteiger partial charge is 0.249 e. The summed E-state index contributed by atoms with van der Waals surface area (Å²) in [5.41, 5.74) is 3.66. The van der Waals surface area contributed by atoms with Gasteiger partial charge in [0, 0.05) is 5.56 Å². The molecular formula is C14H16N2O4. The molecule has 20 heavy (non-hydrogen) atoms. The third-order valence-electron chi connectivity index (χ3n) is 2.77. The number of nitrogens with one attached hydrogen (secondary N) is 1. The SMILES string of the molecule is CONC(=O)Cc1nc(-c2ccc(OC)cc2)oc1C. The second kappa shape index (κ2) is 6.21. The molecule has 1 aromatic carbocycles. The van der Waals surface area contributed by atoms with Crippen molar-refractivity contribution >= 4 is 5.91 Å². The second-order valence-electron chi connectivity index (χ2n) is 4.16.